The van der Waals surface area contributed by atoms with Crippen molar-refractivity contribution < 1.29 is 4.39 Å². The standard InChI is InChI=1S/C11H12FN3O/c1-2-15-10(13-14-11(15)16)7-8-4-3-5-9(12)6-8/h3-6H,2,7H2,1H3,(H,14,16). The van der Waals surface area contributed by atoms with Crippen LogP contribution in [0, 0.1) is 5.82 Å². The van der Waals surface area contributed by atoms with Crippen molar-refractivity contribution >= 4 is 0 Å². The van der Waals surface area contributed by atoms with E-state index in [0.29, 0.717) is 18.8 Å². The monoisotopic (exact) mass is 221 g/mol. The van der Waals surface area contributed by atoms with Gasteiger partial charge in [-0.2, -0.15) is 5.10 Å². The largest absolute Gasteiger partial charge is 0.343 e. The van der Waals surface area contributed by atoms with Gasteiger partial charge in [0, 0.05) is 13.0 Å². The van der Waals surface area contributed by atoms with Gasteiger partial charge < -0.3 is 0 Å². The Labute approximate surface area is 91.7 Å². The van der Waals surface area contributed by atoms with Gasteiger partial charge in [-0.05, 0) is 24.6 Å². The fourth-order valence-corrected chi connectivity index (χ4v) is 1.64. The van der Waals surface area contributed by atoms with Crippen LogP contribution in [0.4, 0.5) is 4.39 Å². The second-order valence-electron chi connectivity index (χ2n) is 3.50. The Kier molecular flexibility index (Phi) is 2.85. The minimum Gasteiger partial charge on any atom is -0.279 e. The molecule has 5 heteroatoms. The summed E-state index contributed by atoms with van der Waals surface area (Å²) in [6, 6.07) is 6.29. The third kappa shape index (κ3) is 2.03. The van der Waals surface area contributed by atoms with Crippen LogP contribution < -0.4 is 5.69 Å². The normalized spacial score (nSPS) is 10.6. The minimum absolute atomic E-state index is 0.228. The Morgan fingerprint density at radius 2 is 2.31 bits per heavy atom. The Bertz CT molecular complexity index is 544. The first-order valence-corrected chi connectivity index (χ1v) is 5.09. The summed E-state index contributed by atoms with van der Waals surface area (Å²) in [6.45, 7) is 2.42. The molecule has 4 nitrogen and oxygen atoms in total. The summed E-state index contributed by atoms with van der Waals surface area (Å²) in [7, 11) is 0. The maximum atomic E-state index is 13.0. The van der Waals surface area contributed by atoms with Crippen LogP contribution in [0.25, 0.3) is 0 Å². The Balaban J connectivity index is 2.30. The molecule has 0 saturated carbocycles. The summed E-state index contributed by atoms with van der Waals surface area (Å²) in [5.41, 5.74) is 0.572. The van der Waals surface area contributed by atoms with Crippen LogP contribution in [0.1, 0.15) is 18.3 Å². The van der Waals surface area contributed by atoms with Gasteiger partial charge in [0.15, 0.2) is 0 Å². The third-order valence-electron chi connectivity index (χ3n) is 2.40. The second kappa shape index (κ2) is 4.30. The van der Waals surface area contributed by atoms with Crippen molar-refractivity contribution in [3.05, 3.63) is 52.0 Å². The molecule has 0 amide bonds. The van der Waals surface area contributed by atoms with Crippen molar-refractivity contribution in [2.24, 2.45) is 0 Å². The van der Waals surface area contributed by atoms with Gasteiger partial charge in [0.2, 0.25) is 0 Å². The van der Waals surface area contributed by atoms with Crippen molar-refractivity contribution in [3.8, 4) is 0 Å². The third-order valence-corrected chi connectivity index (χ3v) is 2.40. The molecule has 0 spiro atoms. The van der Waals surface area contributed by atoms with Crippen LogP contribution in [0.2, 0.25) is 0 Å². The molecule has 0 radical (unpaired) electrons. The van der Waals surface area contributed by atoms with E-state index >= 15 is 0 Å². The average molecular weight is 221 g/mol. The molecule has 1 N–H and O–H groups in total. The van der Waals surface area contributed by atoms with Crippen molar-refractivity contribution in [2.45, 2.75) is 19.9 Å². The van der Waals surface area contributed by atoms with Gasteiger partial charge in [0.05, 0.1) is 0 Å². The maximum Gasteiger partial charge on any atom is 0.343 e. The van der Waals surface area contributed by atoms with E-state index in [9.17, 15) is 9.18 Å². The zero-order valence-electron chi connectivity index (χ0n) is 8.90. The molecule has 0 aliphatic carbocycles. The Morgan fingerprint density at radius 1 is 1.50 bits per heavy atom. The zero-order valence-corrected chi connectivity index (χ0v) is 8.90. The molecule has 1 aromatic heterocycles. The van der Waals surface area contributed by atoms with Crippen LogP contribution in [0.5, 0.6) is 0 Å². The highest BCUT2D eigenvalue weighted by atomic mass is 19.1. The summed E-state index contributed by atoms with van der Waals surface area (Å²) < 4.78 is 14.5. The van der Waals surface area contributed by atoms with Crippen molar-refractivity contribution in [1.82, 2.24) is 14.8 Å². The summed E-state index contributed by atoms with van der Waals surface area (Å²) in [5, 5.41) is 6.30. The van der Waals surface area contributed by atoms with E-state index in [1.54, 1.807) is 6.07 Å². The van der Waals surface area contributed by atoms with Crippen molar-refractivity contribution in [3.63, 3.8) is 0 Å². The maximum absolute atomic E-state index is 13.0. The molecule has 0 aliphatic rings. The number of benzene rings is 1. The molecule has 0 fully saturated rings. The number of nitrogens with one attached hydrogen (secondary N) is 1. The van der Waals surface area contributed by atoms with Crippen LogP contribution in [-0.2, 0) is 13.0 Å². The molecule has 0 aliphatic heterocycles. The van der Waals surface area contributed by atoms with Gasteiger partial charge in [0.1, 0.15) is 11.6 Å². The molecule has 0 atom stereocenters. The lowest BCUT2D eigenvalue weighted by Crippen LogP contribution is -2.17. The lowest BCUT2D eigenvalue weighted by atomic mass is 10.1. The number of rotatable bonds is 3. The predicted molar refractivity (Wildman–Crippen MR) is 57.7 cm³/mol. The lowest BCUT2D eigenvalue weighted by Gasteiger charge is -2.02. The molecule has 1 heterocycles. The van der Waals surface area contributed by atoms with E-state index in [1.165, 1.54) is 16.7 Å². The topological polar surface area (TPSA) is 50.7 Å². The average Bonchev–Trinajstić information content (AvgIpc) is 2.59. The number of nitrogens with zero attached hydrogens (tertiary/aromatic N) is 2. The SMILES string of the molecule is CCn1c(Cc2cccc(F)c2)n[nH]c1=O. The molecule has 2 aromatic rings. The minimum atomic E-state index is -0.279. The summed E-state index contributed by atoms with van der Waals surface area (Å²) in [6.07, 6.45) is 0.449. The smallest absolute Gasteiger partial charge is 0.279 e. The molecule has 0 bridgehead atoms. The lowest BCUT2D eigenvalue weighted by molar-refractivity contribution is 0.624. The highest BCUT2D eigenvalue weighted by molar-refractivity contribution is 5.19. The number of aromatic amines is 1. The van der Waals surface area contributed by atoms with Gasteiger partial charge in [-0.3, -0.25) is 4.57 Å². The Morgan fingerprint density at radius 3 is 3.00 bits per heavy atom. The van der Waals surface area contributed by atoms with Crippen LogP contribution in [-0.4, -0.2) is 14.8 Å². The first-order valence-electron chi connectivity index (χ1n) is 5.09. The number of hydrogen-bond acceptors (Lipinski definition) is 2. The zero-order chi connectivity index (χ0) is 11.5. The first-order chi connectivity index (χ1) is 7.70. The fourth-order valence-electron chi connectivity index (χ4n) is 1.64. The van der Waals surface area contributed by atoms with Crippen LogP contribution in [0.15, 0.2) is 29.1 Å². The molecule has 1 aromatic carbocycles. The van der Waals surface area contributed by atoms with E-state index in [-0.39, 0.29) is 11.5 Å². The van der Waals surface area contributed by atoms with Gasteiger partial charge >= 0.3 is 5.69 Å². The summed E-state index contributed by atoms with van der Waals surface area (Å²) in [4.78, 5) is 11.3. The fraction of sp³-hybridized carbons (Fsp3) is 0.273. The number of aromatic nitrogens is 3. The molecule has 16 heavy (non-hydrogen) atoms. The van der Waals surface area contributed by atoms with Gasteiger partial charge in [-0.1, -0.05) is 12.1 Å². The van der Waals surface area contributed by atoms with Gasteiger partial charge in [-0.15, -0.1) is 0 Å². The van der Waals surface area contributed by atoms with E-state index in [4.69, 9.17) is 0 Å². The molecule has 0 saturated heterocycles. The van der Waals surface area contributed by atoms with Gasteiger partial charge in [-0.25, -0.2) is 14.3 Å². The van der Waals surface area contributed by atoms with Crippen molar-refractivity contribution in [1.29, 1.82) is 0 Å². The molecule has 2 rings (SSSR count). The number of H-pyrrole nitrogens is 1. The quantitative estimate of drug-likeness (QED) is 0.849. The first kappa shape index (κ1) is 10.6. The molecular weight excluding hydrogens is 209 g/mol. The van der Waals surface area contributed by atoms with Gasteiger partial charge in [0.25, 0.3) is 0 Å². The highest BCUT2D eigenvalue weighted by Gasteiger charge is 2.07. The number of hydrogen-bond donors (Lipinski definition) is 1. The molecular formula is C11H12FN3O. The summed E-state index contributed by atoms with van der Waals surface area (Å²) >= 11 is 0. The van der Waals surface area contributed by atoms with E-state index in [0.717, 1.165) is 5.56 Å². The second-order valence-corrected chi connectivity index (χ2v) is 3.50. The highest BCUT2D eigenvalue weighted by Crippen LogP contribution is 2.07. The molecule has 84 valence electrons. The summed E-state index contributed by atoms with van der Waals surface area (Å²) in [5.74, 6) is 0.344. The van der Waals surface area contributed by atoms with E-state index < -0.39 is 0 Å². The van der Waals surface area contributed by atoms with E-state index in [2.05, 4.69) is 10.2 Å². The van der Waals surface area contributed by atoms with Crippen molar-refractivity contribution in [2.75, 3.05) is 0 Å². The Hall–Kier alpha value is -1.91. The van der Waals surface area contributed by atoms with Crippen LogP contribution >= 0.6 is 0 Å². The van der Waals surface area contributed by atoms with E-state index in [1.807, 2.05) is 13.0 Å². The molecule has 0 unspecified atom stereocenters. The predicted octanol–water partition coefficient (Wildman–Crippen LogP) is 1.32. The van der Waals surface area contributed by atoms with Crippen LogP contribution in [0.3, 0.4) is 0 Å². The number of halogens is 1.